The summed E-state index contributed by atoms with van der Waals surface area (Å²) in [6.45, 7) is 2.06. The number of halogens is 3. The maximum absolute atomic E-state index is 12.7. The van der Waals surface area contributed by atoms with Crippen LogP contribution >= 0.6 is 0 Å². The van der Waals surface area contributed by atoms with Gasteiger partial charge in [-0.3, -0.25) is 4.79 Å². The van der Waals surface area contributed by atoms with Gasteiger partial charge < -0.3 is 10.1 Å². The SMILES string of the molecule is CC(NC(=O)CCCOc1ccccc1)c1cccc(C(F)(F)F)c1. The van der Waals surface area contributed by atoms with Gasteiger partial charge in [0.05, 0.1) is 18.2 Å². The molecule has 0 saturated carbocycles. The molecule has 25 heavy (non-hydrogen) atoms. The second-order valence-corrected chi connectivity index (χ2v) is 5.68. The molecule has 0 aliphatic heterocycles. The summed E-state index contributed by atoms with van der Waals surface area (Å²) in [7, 11) is 0. The van der Waals surface area contributed by atoms with Gasteiger partial charge in [-0.2, -0.15) is 13.2 Å². The Labute approximate surface area is 144 Å². The van der Waals surface area contributed by atoms with Gasteiger partial charge in [-0.25, -0.2) is 0 Å². The van der Waals surface area contributed by atoms with Crippen molar-refractivity contribution in [3.8, 4) is 5.75 Å². The molecule has 0 aromatic heterocycles. The third-order valence-corrected chi connectivity index (χ3v) is 3.65. The standard InChI is InChI=1S/C19H20F3NO2/c1-14(15-7-5-8-16(13-15)19(20,21)22)23-18(24)11-6-12-25-17-9-3-2-4-10-17/h2-5,7-10,13-14H,6,11-12H2,1H3,(H,23,24). The molecule has 1 atom stereocenters. The minimum Gasteiger partial charge on any atom is -0.494 e. The van der Waals surface area contributed by atoms with Crippen LogP contribution in [0.3, 0.4) is 0 Å². The third kappa shape index (κ3) is 6.14. The average molecular weight is 351 g/mol. The molecule has 3 nitrogen and oxygen atoms in total. The van der Waals surface area contributed by atoms with Gasteiger partial charge in [0.2, 0.25) is 5.91 Å². The van der Waals surface area contributed by atoms with Crippen molar-refractivity contribution in [1.29, 1.82) is 0 Å². The molecule has 1 unspecified atom stereocenters. The summed E-state index contributed by atoms with van der Waals surface area (Å²) >= 11 is 0. The molecule has 6 heteroatoms. The smallest absolute Gasteiger partial charge is 0.416 e. The topological polar surface area (TPSA) is 38.3 Å². The monoisotopic (exact) mass is 351 g/mol. The Hall–Kier alpha value is -2.50. The van der Waals surface area contributed by atoms with E-state index in [-0.39, 0.29) is 12.3 Å². The number of rotatable bonds is 7. The fourth-order valence-electron chi connectivity index (χ4n) is 2.32. The lowest BCUT2D eigenvalue weighted by Gasteiger charge is -2.16. The van der Waals surface area contributed by atoms with Gasteiger partial charge in [0.15, 0.2) is 0 Å². The number of nitrogens with one attached hydrogen (secondary N) is 1. The summed E-state index contributed by atoms with van der Waals surface area (Å²) in [4.78, 5) is 11.9. The number of ether oxygens (including phenoxy) is 1. The van der Waals surface area contributed by atoms with Crippen LogP contribution in [0.5, 0.6) is 5.75 Å². The van der Waals surface area contributed by atoms with Crippen LogP contribution in [0.2, 0.25) is 0 Å². The van der Waals surface area contributed by atoms with E-state index in [0.717, 1.165) is 17.9 Å². The van der Waals surface area contributed by atoms with Gasteiger partial charge in [-0.1, -0.05) is 30.3 Å². The number of hydrogen-bond donors (Lipinski definition) is 1. The third-order valence-electron chi connectivity index (χ3n) is 3.65. The zero-order chi connectivity index (χ0) is 18.3. The molecule has 1 amide bonds. The number of carbonyl (C=O) groups is 1. The second kappa shape index (κ2) is 8.55. The minimum atomic E-state index is -4.39. The van der Waals surface area contributed by atoms with Crippen LogP contribution in [0.1, 0.15) is 36.9 Å². The maximum atomic E-state index is 12.7. The number of carbonyl (C=O) groups excluding carboxylic acids is 1. The van der Waals surface area contributed by atoms with Crippen molar-refractivity contribution in [2.45, 2.75) is 32.0 Å². The lowest BCUT2D eigenvalue weighted by Crippen LogP contribution is -2.27. The van der Waals surface area contributed by atoms with Crippen molar-refractivity contribution in [3.63, 3.8) is 0 Å². The van der Waals surface area contributed by atoms with Crippen LogP contribution in [0, 0.1) is 0 Å². The van der Waals surface area contributed by atoms with Gasteiger partial charge in [0.25, 0.3) is 0 Å². The summed E-state index contributed by atoms with van der Waals surface area (Å²) in [6.07, 6.45) is -3.62. The Morgan fingerprint density at radius 2 is 1.84 bits per heavy atom. The molecule has 0 aliphatic carbocycles. The Morgan fingerprint density at radius 1 is 1.12 bits per heavy atom. The first-order chi connectivity index (χ1) is 11.9. The van der Waals surface area contributed by atoms with Crippen LogP contribution in [0.4, 0.5) is 13.2 Å². The van der Waals surface area contributed by atoms with Crippen molar-refractivity contribution in [1.82, 2.24) is 5.32 Å². The van der Waals surface area contributed by atoms with Crippen molar-refractivity contribution < 1.29 is 22.7 Å². The number of hydrogen-bond acceptors (Lipinski definition) is 2. The minimum absolute atomic E-state index is 0.221. The van der Waals surface area contributed by atoms with E-state index in [1.54, 1.807) is 13.0 Å². The van der Waals surface area contributed by atoms with Gasteiger partial charge in [-0.05, 0) is 43.2 Å². The molecule has 2 aromatic rings. The van der Waals surface area contributed by atoms with E-state index >= 15 is 0 Å². The Morgan fingerprint density at radius 3 is 2.52 bits per heavy atom. The summed E-state index contributed by atoms with van der Waals surface area (Å²) in [6, 6.07) is 13.7. The molecule has 0 spiro atoms. The molecule has 134 valence electrons. The summed E-state index contributed by atoms with van der Waals surface area (Å²) < 4.78 is 43.7. The summed E-state index contributed by atoms with van der Waals surface area (Å²) in [5.74, 6) is 0.516. The molecule has 0 fully saturated rings. The molecule has 2 rings (SSSR count). The zero-order valence-corrected chi connectivity index (χ0v) is 13.8. The van der Waals surface area contributed by atoms with Crippen molar-refractivity contribution >= 4 is 5.91 Å². The fraction of sp³-hybridized carbons (Fsp3) is 0.316. The Kier molecular flexibility index (Phi) is 6.44. The average Bonchev–Trinajstić information content (AvgIpc) is 2.59. The highest BCUT2D eigenvalue weighted by atomic mass is 19.4. The Balaban J connectivity index is 1.78. The molecule has 1 N–H and O–H groups in total. The van der Waals surface area contributed by atoms with Gasteiger partial charge in [0.1, 0.15) is 5.75 Å². The number of amides is 1. The normalized spacial score (nSPS) is 12.5. The van der Waals surface area contributed by atoms with E-state index in [1.807, 2.05) is 30.3 Å². The van der Waals surface area contributed by atoms with Gasteiger partial charge in [0, 0.05) is 6.42 Å². The molecule has 0 radical (unpaired) electrons. The Bertz CT molecular complexity index is 687. The van der Waals surface area contributed by atoms with E-state index in [2.05, 4.69) is 5.32 Å². The van der Waals surface area contributed by atoms with Crippen molar-refractivity contribution in [2.75, 3.05) is 6.61 Å². The van der Waals surface area contributed by atoms with Crippen molar-refractivity contribution in [2.24, 2.45) is 0 Å². The second-order valence-electron chi connectivity index (χ2n) is 5.68. The van der Waals surface area contributed by atoms with Crippen molar-refractivity contribution in [3.05, 3.63) is 65.7 Å². The van der Waals surface area contributed by atoms with Crippen LogP contribution in [-0.4, -0.2) is 12.5 Å². The maximum Gasteiger partial charge on any atom is 0.416 e. The highest BCUT2D eigenvalue weighted by Crippen LogP contribution is 2.30. The molecule has 0 saturated heterocycles. The van der Waals surface area contributed by atoms with E-state index in [9.17, 15) is 18.0 Å². The molecule has 0 heterocycles. The van der Waals surface area contributed by atoms with Gasteiger partial charge in [-0.15, -0.1) is 0 Å². The largest absolute Gasteiger partial charge is 0.494 e. The highest BCUT2D eigenvalue weighted by molar-refractivity contribution is 5.76. The lowest BCUT2D eigenvalue weighted by atomic mass is 10.0. The number of para-hydroxylation sites is 1. The molecular weight excluding hydrogens is 331 g/mol. The molecule has 0 aliphatic rings. The predicted octanol–water partition coefficient (Wildman–Crippen LogP) is 4.74. The van der Waals surface area contributed by atoms with Gasteiger partial charge >= 0.3 is 6.18 Å². The number of benzene rings is 2. The zero-order valence-electron chi connectivity index (χ0n) is 13.8. The van der Waals surface area contributed by atoms with E-state index < -0.39 is 17.8 Å². The van der Waals surface area contributed by atoms with E-state index in [1.165, 1.54) is 6.07 Å². The lowest BCUT2D eigenvalue weighted by molar-refractivity contribution is -0.137. The fourth-order valence-corrected chi connectivity index (χ4v) is 2.32. The first-order valence-electron chi connectivity index (χ1n) is 8.00. The highest BCUT2D eigenvalue weighted by Gasteiger charge is 2.30. The predicted molar refractivity (Wildman–Crippen MR) is 89.2 cm³/mol. The van der Waals surface area contributed by atoms with Crippen LogP contribution in [0.15, 0.2) is 54.6 Å². The quantitative estimate of drug-likeness (QED) is 0.732. The number of alkyl halides is 3. The summed E-state index contributed by atoms with van der Waals surface area (Å²) in [5.41, 5.74) is -0.300. The van der Waals surface area contributed by atoms with Crippen LogP contribution < -0.4 is 10.1 Å². The van der Waals surface area contributed by atoms with Crippen LogP contribution in [0.25, 0.3) is 0 Å². The molecular formula is C19H20F3NO2. The first kappa shape index (κ1) is 18.8. The van der Waals surface area contributed by atoms with Crippen LogP contribution in [-0.2, 0) is 11.0 Å². The summed E-state index contributed by atoms with van der Waals surface area (Å²) in [5, 5.41) is 2.71. The molecule has 2 aromatic carbocycles. The van der Waals surface area contributed by atoms with E-state index in [0.29, 0.717) is 18.6 Å². The molecule has 0 bridgehead atoms. The first-order valence-corrected chi connectivity index (χ1v) is 8.00. The van der Waals surface area contributed by atoms with E-state index in [4.69, 9.17) is 4.74 Å².